The Hall–Kier alpha value is -1.34. The molecule has 2 aliphatic heterocycles. The van der Waals surface area contributed by atoms with Crippen LogP contribution in [0.15, 0.2) is 0 Å². The van der Waals surface area contributed by atoms with E-state index >= 15 is 0 Å². The molecule has 2 aliphatic rings. The number of carboxylic acids is 1. The van der Waals surface area contributed by atoms with E-state index < -0.39 is 12.1 Å². The largest absolute Gasteiger partial charge is 0.481 e. The topological polar surface area (TPSA) is 79.3 Å². The van der Waals surface area contributed by atoms with Crippen LogP contribution in [0.3, 0.4) is 0 Å². The summed E-state index contributed by atoms with van der Waals surface area (Å²) < 4.78 is 10.9. The highest BCUT2D eigenvalue weighted by molar-refractivity contribution is 5.75. The SMILES string of the molecule is CC1CN(C(=O)N2CCOC(CC(=O)O)C2)C(C)CO1. The number of carboxylic acid groups (broad SMARTS) is 1. The lowest BCUT2D eigenvalue weighted by atomic mass is 10.2. The lowest BCUT2D eigenvalue weighted by molar-refractivity contribution is -0.141. The second-order valence-electron chi connectivity index (χ2n) is 5.46. The van der Waals surface area contributed by atoms with Gasteiger partial charge < -0.3 is 24.4 Å². The molecule has 0 saturated carbocycles. The molecule has 2 heterocycles. The second-order valence-corrected chi connectivity index (χ2v) is 5.46. The zero-order valence-corrected chi connectivity index (χ0v) is 11.9. The van der Waals surface area contributed by atoms with Crippen molar-refractivity contribution in [3.05, 3.63) is 0 Å². The first-order chi connectivity index (χ1) is 9.47. The fourth-order valence-corrected chi connectivity index (χ4v) is 2.56. The number of urea groups is 1. The first-order valence-corrected chi connectivity index (χ1v) is 6.98. The molecule has 1 N–H and O–H groups in total. The van der Waals surface area contributed by atoms with E-state index in [9.17, 15) is 9.59 Å². The van der Waals surface area contributed by atoms with Gasteiger partial charge in [0.25, 0.3) is 0 Å². The highest BCUT2D eigenvalue weighted by Gasteiger charge is 2.33. The molecular formula is C13H22N2O5. The minimum atomic E-state index is -0.905. The molecule has 0 aromatic rings. The first-order valence-electron chi connectivity index (χ1n) is 6.98. The van der Waals surface area contributed by atoms with E-state index in [-0.39, 0.29) is 24.6 Å². The predicted molar refractivity (Wildman–Crippen MR) is 70.5 cm³/mol. The number of morpholine rings is 2. The molecule has 2 saturated heterocycles. The Morgan fingerprint density at radius 3 is 2.70 bits per heavy atom. The Kier molecular flexibility index (Phi) is 4.82. The van der Waals surface area contributed by atoms with Gasteiger partial charge in [-0.3, -0.25) is 4.79 Å². The highest BCUT2D eigenvalue weighted by atomic mass is 16.5. The van der Waals surface area contributed by atoms with Gasteiger partial charge >= 0.3 is 12.0 Å². The molecule has 0 aromatic heterocycles. The Morgan fingerprint density at radius 2 is 2.00 bits per heavy atom. The third kappa shape index (κ3) is 3.61. The van der Waals surface area contributed by atoms with Gasteiger partial charge in [-0.2, -0.15) is 0 Å². The number of rotatable bonds is 2. The monoisotopic (exact) mass is 286 g/mol. The number of hydrogen-bond acceptors (Lipinski definition) is 4. The number of amides is 2. The molecule has 0 aromatic carbocycles. The maximum absolute atomic E-state index is 12.5. The molecule has 2 amide bonds. The van der Waals surface area contributed by atoms with Crippen LogP contribution in [0.4, 0.5) is 4.79 Å². The third-order valence-corrected chi connectivity index (χ3v) is 3.67. The molecule has 114 valence electrons. The summed E-state index contributed by atoms with van der Waals surface area (Å²) in [6.45, 7) is 6.24. The molecule has 0 aliphatic carbocycles. The quantitative estimate of drug-likeness (QED) is 0.794. The van der Waals surface area contributed by atoms with Crippen molar-refractivity contribution < 1.29 is 24.2 Å². The molecule has 0 spiro atoms. The molecule has 7 nitrogen and oxygen atoms in total. The van der Waals surface area contributed by atoms with Gasteiger partial charge in [0.1, 0.15) is 0 Å². The van der Waals surface area contributed by atoms with Crippen LogP contribution in [0.2, 0.25) is 0 Å². The van der Waals surface area contributed by atoms with Gasteiger partial charge in [0.2, 0.25) is 0 Å². The van der Waals surface area contributed by atoms with E-state index in [1.54, 1.807) is 9.80 Å². The van der Waals surface area contributed by atoms with Crippen molar-refractivity contribution >= 4 is 12.0 Å². The molecular weight excluding hydrogens is 264 g/mol. The second kappa shape index (κ2) is 6.41. The molecule has 7 heteroatoms. The van der Waals surface area contributed by atoms with E-state index in [1.165, 1.54) is 0 Å². The van der Waals surface area contributed by atoms with Gasteiger partial charge in [-0.15, -0.1) is 0 Å². The molecule has 2 rings (SSSR count). The minimum absolute atomic E-state index is 0.0333. The zero-order chi connectivity index (χ0) is 14.7. The van der Waals surface area contributed by atoms with Crippen LogP contribution in [0.25, 0.3) is 0 Å². The highest BCUT2D eigenvalue weighted by Crippen LogP contribution is 2.17. The van der Waals surface area contributed by atoms with Crippen molar-refractivity contribution in [1.29, 1.82) is 0 Å². The lowest BCUT2D eigenvalue weighted by Gasteiger charge is -2.41. The van der Waals surface area contributed by atoms with Crippen LogP contribution < -0.4 is 0 Å². The number of hydrogen-bond donors (Lipinski definition) is 1. The van der Waals surface area contributed by atoms with Gasteiger partial charge in [-0.05, 0) is 13.8 Å². The van der Waals surface area contributed by atoms with Crippen molar-refractivity contribution in [2.75, 3.05) is 32.8 Å². The van der Waals surface area contributed by atoms with E-state index in [4.69, 9.17) is 14.6 Å². The summed E-state index contributed by atoms with van der Waals surface area (Å²) in [5.74, 6) is -0.905. The molecule has 20 heavy (non-hydrogen) atoms. The van der Waals surface area contributed by atoms with Crippen molar-refractivity contribution in [2.24, 2.45) is 0 Å². The van der Waals surface area contributed by atoms with Crippen LogP contribution in [0, 0.1) is 0 Å². The molecule has 3 atom stereocenters. The summed E-state index contributed by atoms with van der Waals surface area (Å²) in [6, 6.07) is -0.00851. The van der Waals surface area contributed by atoms with Crippen LogP contribution in [-0.2, 0) is 14.3 Å². The van der Waals surface area contributed by atoms with Gasteiger partial charge in [-0.25, -0.2) is 4.79 Å². The number of nitrogens with zero attached hydrogens (tertiary/aromatic N) is 2. The normalized spacial score (nSPS) is 31.2. The summed E-state index contributed by atoms with van der Waals surface area (Å²) >= 11 is 0. The van der Waals surface area contributed by atoms with Crippen molar-refractivity contribution in [1.82, 2.24) is 9.80 Å². The Morgan fingerprint density at radius 1 is 1.25 bits per heavy atom. The standard InChI is InChI=1S/C13H22N2O5/c1-9-8-20-10(2)6-15(9)13(18)14-3-4-19-11(7-14)5-12(16)17/h9-11H,3-8H2,1-2H3,(H,16,17). The summed E-state index contributed by atoms with van der Waals surface area (Å²) in [5.41, 5.74) is 0. The van der Waals surface area contributed by atoms with Crippen molar-refractivity contribution in [2.45, 2.75) is 38.5 Å². The maximum atomic E-state index is 12.5. The third-order valence-electron chi connectivity index (χ3n) is 3.67. The summed E-state index contributed by atoms with van der Waals surface area (Å²) in [6.07, 6.45) is -0.455. The summed E-state index contributed by atoms with van der Waals surface area (Å²) in [4.78, 5) is 26.8. The van der Waals surface area contributed by atoms with Crippen LogP contribution in [0.5, 0.6) is 0 Å². The fourth-order valence-electron chi connectivity index (χ4n) is 2.56. The molecule has 0 bridgehead atoms. The van der Waals surface area contributed by atoms with Gasteiger partial charge in [-0.1, -0.05) is 0 Å². The summed E-state index contributed by atoms with van der Waals surface area (Å²) in [5, 5.41) is 8.81. The lowest BCUT2D eigenvalue weighted by Crippen LogP contribution is -2.57. The Labute approximate surface area is 118 Å². The van der Waals surface area contributed by atoms with Crippen LogP contribution in [0.1, 0.15) is 20.3 Å². The molecule has 3 unspecified atom stereocenters. The number of ether oxygens (including phenoxy) is 2. The Balaban J connectivity index is 1.95. The predicted octanol–water partition coefficient (Wildman–Crippen LogP) is 0.391. The van der Waals surface area contributed by atoms with Crippen molar-refractivity contribution in [3.63, 3.8) is 0 Å². The smallest absolute Gasteiger partial charge is 0.320 e. The number of carbonyl (C=O) groups is 2. The fraction of sp³-hybridized carbons (Fsp3) is 0.846. The maximum Gasteiger partial charge on any atom is 0.320 e. The Bertz CT molecular complexity index is 376. The zero-order valence-electron chi connectivity index (χ0n) is 11.9. The van der Waals surface area contributed by atoms with Crippen LogP contribution in [-0.4, -0.2) is 78.0 Å². The van der Waals surface area contributed by atoms with Crippen molar-refractivity contribution in [3.8, 4) is 0 Å². The van der Waals surface area contributed by atoms with Crippen LogP contribution >= 0.6 is 0 Å². The average Bonchev–Trinajstić information content (AvgIpc) is 2.40. The van der Waals surface area contributed by atoms with Gasteiger partial charge in [0, 0.05) is 19.6 Å². The minimum Gasteiger partial charge on any atom is -0.481 e. The summed E-state index contributed by atoms with van der Waals surface area (Å²) in [7, 11) is 0. The van der Waals surface area contributed by atoms with Gasteiger partial charge in [0.15, 0.2) is 0 Å². The van der Waals surface area contributed by atoms with E-state index in [1.807, 2.05) is 13.8 Å². The number of aliphatic carboxylic acids is 1. The first kappa shape index (κ1) is 15.1. The van der Waals surface area contributed by atoms with Gasteiger partial charge in [0.05, 0.1) is 37.9 Å². The molecule has 2 fully saturated rings. The number of carbonyl (C=O) groups excluding carboxylic acids is 1. The van der Waals surface area contributed by atoms with E-state index in [0.717, 1.165) is 0 Å². The van der Waals surface area contributed by atoms with E-state index in [2.05, 4.69) is 0 Å². The average molecular weight is 286 g/mol. The van der Waals surface area contributed by atoms with E-state index in [0.29, 0.717) is 32.8 Å². The molecule has 0 radical (unpaired) electrons.